The molecule has 0 unspecified atom stereocenters. The van der Waals surface area contributed by atoms with Crippen LogP contribution in [-0.2, 0) is 0 Å². The molecule has 5 nitrogen and oxygen atoms in total. The molecule has 1 amide bonds. The Balaban J connectivity index is 2.24. The SMILES string of the molecule is CC(=CCNC(=O)O)n1ncc2ccccc21. The fraction of sp³-hybridized carbons (Fsp3) is 0.167. The van der Waals surface area contributed by atoms with Crippen LogP contribution >= 0.6 is 0 Å². The van der Waals surface area contributed by atoms with Crippen LogP contribution in [0.15, 0.2) is 36.5 Å². The number of amides is 1. The van der Waals surface area contributed by atoms with Crippen LogP contribution in [0.1, 0.15) is 6.92 Å². The molecule has 0 saturated carbocycles. The average molecular weight is 231 g/mol. The van der Waals surface area contributed by atoms with Crippen LogP contribution in [0.25, 0.3) is 16.6 Å². The molecule has 0 bridgehead atoms. The standard InChI is InChI=1S/C12H13N3O2/c1-9(6-7-13-12(16)17)15-11-5-3-2-4-10(11)8-14-15/h2-6,8,13H,7H2,1H3,(H,16,17). The van der Waals surface area contributed by atoms with Crippen molar-refractivity contribution in [2.75, 3.05) is 6.54 Å². The predicted octanol–water partition coefficient (Wildman–Crippen LogP) is 2.16. The highest BCUT2D eigenvalue weighted by molar-refractivity contribution is 5.81. The van der Waals surface area contributed by atoms with Crippen molar-refractivity contribution in [3.63, 3.8) is 0 Å². The van der Waals surface area contributed by atoms with Crippen LogP contribution in [-0.4, -0.2) is 27.5 Å². The Morgan fingerprint density at radius 3 is 3.06 bits per heavy atom. The molecule has 88 valence electrons. The fourth-order valence-electron chi connectivity index (χ4n) is 1.63. The number of carbonyl (C=O) groups is 1. The summed E-state index contributed by atoms with van der Waals surface area (Å²) in [5, 5.41) is 16.1. The van der Waals surface area contributed by atoms with E-state index in [0.717, 1.165) is 16.6 Å². The molecule has 1 aromatic carbocycles. The average Bonchev–Trinajstić information content (AvgIpc) is 2.72. The molecule has 2 N–H and O–H groups in total. The van der Waals surface area contributed by atoms with E-state index in [2.05, 4.69) is 10.4 Å². The first kappa shape index (κ1) is 11.2. The number of aromatic nitrogens is 2. The molecule has 0 atom stereocenters. The van der Waals surface area contributed by atoms with Gasteiger partial charge in [0.1, 0.15) is 0 Å². The number of nitrogens with zero attached hydrogens (tertiary/aromatic N) is 2. The molecule has 0 saturated heterocycles. The number of rotatable bonds is 3. The van der Waals surface area contributed by atoms with Crippen molar-refractivity contribution in [3.05, 3.63) is 36.5 Å². The zero-order valence-electron chi connectivity index (χ0n) is 9.42. The summed E-state index contributed by atoms with van der Waals surface area (Å²) in [5.74, 6) is 0. The lowest BCUT2D eigenvalue weighted by Crippen LogP contribution is -2.20. The third-order valence-electron chi connectivity index (χ3n) is 2.46. The molecule has 2 aromatic rings. The Kier molecular flexibility index (Phi) is 3.09. The highest BCUT2D eigenvalue weighted by atomic mass is 16.4. The van der Waals surface area contributed by atoms with Gasteiger partial charge in [-0.3, -0.25) is 0 Å². The van der Waals surface area contributed by atoms with Gasteiger partial charge in [-0.05, 0) is 19.1 Å². The van der Waals surface area contributed by atoms with Gasteiger partial charge in [0, 0.05) is 17.6 Å². The molecule has 0 aliphatic rings. The second kappa shape index (κ2) is 4.69. The number of fused-ring (bicyclic) bond motifs is 1. The summed E-state index contributed by atoms with van der Waals surface area (Å²) < 4.78 is 1.79. The molecule has 2 rings (SSSR count). The summed E-state index contributed by atoms with van der Waals surface area (Å²) in [6.07, 6.45) is 2.55. The third-order valence-corrected chi connectivity index (χ3v) is 2.46. The van der Waals surface area contributed by atoms with Gasteiger partial charge in [-0.25, -0.2) is 9.48 Å². The maximum absolute atomic E-state index is 10.3. The Hall–Kier alpha value is -2.30. The molecule has 0 aliphatic carbocycles. The van der Waals surface area contributed by atoms with E-state index in [0.29, 0.717) is 0 Å². The van der Waals surface area contributed by atoms with Crippen molar-refractivity contribution in [2.45, 2.75) is 6.92 Å². The number of hydrogen-bond donors (Lipinski definition) is 2. The van der Waals surface area contributed by atoms with E-state index in [4.69, 9.17) is 5.11 Å². The predicted molar refractivity (Wildman–Crippen MR) is 65.7 cm³/mol. The zero-order valence-corrected chi connectivity index (χ0v) is 9.42. The molecule has 1 heterocycles. The number of hydrogen-bond acceptors (Lipinski definition) is 2. The first-order chi connectivity index (χ1) is 8.18. The summed E-state index contributed by atoms with van der Waals surface area (Å²) in [6.45, 7) is 2.17. The minimum absolute atomic E-state index is 0.273. The van der Waals surface area contributed by atoms with E-state index < -0.39 is 6.09 Å². The molecule has 1 aromatic heterocycles. The van der Waals surface area contributed by atoms with Crippen molar-refractivity contribution in [1.82, 2.24) is 15.1 Å². The lowest BCUT2D eigenvalue weighted by atomic mass is 10.2. The Labute approximate surface area is 98.4 Å². The molecule has 0 aliphatic heterocycles. The number of benzene rings is 1. The topological polar surface area (TPSA) is 67.2 Å². The summed E-state index contributed by atoms with van der Waals surface area (Å²) in [7, 11) is 0. The summed E-state index contributed by atoms with van der Waals surface area (Å²) >= 11 is 0. The smallest absolute Gasteiger partial charge is 0.404 e. The van der Waals surface area contributed by atoms with Crippen molar-refractivity contribution in [1.29, 1.82) is 0 Å². The van der Waals surface area contributed by atoms with E-state index >= 15 is 0 Å². The van der Waals surface area contributed by atoms with Gasteiger partial charge in [0.05, 0.1) is 11.7 Å². The Morgan fingerprint density at radius 2 is 2.29 bits per heavy atom. The number of carboxylic acid groups (broad SMARTS) is 1. The van der Waals surface area contributed by atoms with E-state index in [1.54, 1.807) is 17.0 Å². The monoisotopic (exact) mass is 231 g/mol. The lowest BCUT2D eigenvalue weighted by Gasteiger charge is -2.03. The maximum Gasteiger partial charge on any atom is 0.404 e. The van der Waals surface area contributed by atoms with Crippen molar-refractivity contribution in [2.24, 2.45) is 0 Å². The number of nitrogens with one attached hydrogen (secondary N) is 1. The fourth-order valence-corrected chi connectivity index (χ4v) is 1.63. The number of allylic oxidation sites excluding steroid dienone is 1. The molecule has 0 fully saturated rings. The van der Waals surface area contributed by atoms with Gasteiger partial charge in [-0.1, -0.05) is 18.2 Å². The van der Waals surface area contributed by atoms with Gasteiger partial charge in [-0.2, -0.15) is 5.10 Å². The summed E-state index contributed by atoms with van der Waals surface area (Å²) in [4.78, 5) is 10.3. The van der Waals surface area contributed by atoms with Crippen LogP contribution in [0.3, 0.4) is 0 Å². The normalized spacial score (nSPS) is 11.7. The van der Waals surface area contributed by atoms with E-state index in [9.17, 15) is 4.79 Å². The minimum atomic E-state index is -1.03. The molecule has 0 spiro atoms. The number of para-hydroxylation sites is 1. The van der Waals surface area contributed by atoms with Crippen LogP contribution in [0.2, 0.25) is 0 Å². The van der Waals surface area contributed by atoms with Crippen LogP contribution in [0, 0.1) is 0 Å². The van der Waals surface area contributed by atoms with Gasteiger partial charge in [0.2, 0.25) is 0 Å². The second-order valence-electron chi connectivity index (χ2n) is 3.65. The highest BCUT2D eigenvalue weighted by Crippen LogP contribution is 2.16. The summed E-state index contributed by atoms with van der Waals surface area (Å²) in [6, 6.07) is 7.87. The van der Waals surface area contributed by atoms with E-state index in [-0.39, 0.29) is 6.54 Å². The maximum atomic E-state index is 10.3. The van der Waals surface area contributed by atoms with E-state index in [1.165, 1.54) is 0 Å². The van der Waals surface area contributed by atoms with E-state index in [1.807, 2.05) is 31.2 Å². The molecular formula is C12H13N3O2. The minimum Gasteiger partial charge on any atom is -0.465 e. The van der Waals surface area contributed by atoms with Gasteiger partial charge in [0.25, 0.3) is 0 Å². The summed E-state index contributed by atoms with van der Waals surface area (Å²) in [5.41, 5.74) is 1.90. The Morgan fingerprint density at radius 1 is 1.53 bits per heavy atom. The van der Waals surface area contributed by atoms with Crippen molar-refractivity contribution < 1.29 is 9.90 Å². The van der Waals surface area contributed by atoms with Gasteiger partial charge < -0.3 is 10.4 Å². The Bertz CT molecular complexity index is 572. The van der Waals surface area contributed by atoms with Crippen LogP contribution < -0.4 is 5.32 Å². The van der Waals surface area contributed by atoms with Crippen LogP contribution in [0.4, 0.5) is 4.79 Å². The zero-order chi connectivity index (χ0) is 12.3. The lowest BCUT2D eigenvalue weighted by molar-refractivity contribution is 0.195. The van der Waals surface area contributed by atoms with Crippen molar-refractivity contribution in [3.8, 4) is 0 Å². The van der Waals surface area contributed by atoms with Crippen LogP contribution in [0.5, 0.6) is 0 Å². The first-order valence-electron chi connectivity index (χ1n) is 5.25. The van der Waals surface area contributed by atoms with Gasteiger partial charge in [-0.15, -0.1) is 0 Å². The van der Waals surface area contributed by atoms with Gasteiger partial charge >= 0.3 is 6.09 Å². The highest BCUT2D eigenvalue weighted by Gasteiger charge is 2.02. The second-order valence-corrected chi connectivity index (χ2v) is 3.65. The molecule has 17 heavy (non-hydrogen) atoms. The third kappa shape index (κ3) is 2.44. The molecular weight excluding hydrogens is 218 g/mol. The largest absolute Gasteiger partial charge is 0.465 e. The van der Waals surface area contributed by atoms with Crippen molar-refractivity contribution >= 4 is 22.7 Å². The molecule has 0 radical (unpaired) electrons. The first-order valence-corrected chi connectivity index (χ1v) is 5.25. The van der Waals surface area contributed by atoms with Gasteiger partial charge in [0.15, 0.2) is 0 Å². The molecule has 5 heteroatoms. The quantitative estimate of drug-likeness (QED) is 0.850.